The predicted molar refractivity (Wildman–Crippen MR) is 307 cm³/mol. The number of imidazole rings is 1. The fraction of sp³-hybridized carbons (Fsp3) is 0.0833. The maximum atomic E-state index is 7.45. The number of hydrogen-bond donors (Lipinski definition) is 0. The molecule has 1 heterocycles. The van der Waals surface area contributed by atoms with Gasteiger partial charge in [0.15, 0.2) is 0 Å². The van der Waals surface area contributed by atoms with E-state index in [0.717, 1.165) is 0 Å². The fourth-order valence-corrected chi connectivity index (χ4v) is 10.1. The van der Waals surface area contributed by atoms with Gasteiger partial charge in [-0.05, 0) is 0 Å². The number of benzene rings is 7. The first-order valence-electron chi connectivity index (χ1n) is 21.3. The van der Waals surface area contributed by atoms with Crippen LogP contribution in [0.25, 0.3) is 77.7 Å². The van der Waals surface area contributed by atoms with Crippen LogP contribution in [0.2, 0.25) is 10.2 Å². The van der Waals surface area contributed by atoms with Gasteiger partial charge in [-0.2, -0.15) is 0 Å². The summed E-state index contributed by atoms with van der Waals surface area (Å²) in [5, 5.41) is -3.30. The van der Waals surface area contributed by atoms with Gasteiger partial charge >= 0.3 is 402 Å². The molecule has 0 saturated heterocycles. The van der Waals surface area contributed by atoms with Crippen LogP contribution >= 0.6 is 0 Å². The van der Waals surface area contributed by atoms with E-state index in [0.29, 0.717) is 83.4 Å². The predicted octanol–water partition coefficient (Wildman–Crippen LogP) is -3.99. The third-order valence-corrected chi connectivity index (χ3v) is 13.5. The van der Waals surface area contributed by atoms with E-state index in [1.54, 1.807) is 25.1 Å². The van der Waals surface area contributed by atoms with Gasteiger partial charge in [-0.3, -0.25) is 0 Å². The zero-order chi connectivity index (χ0) is 50.1. The quantitative estimate of drug-likeness (QED) is 0.150. The van der Waals surface area contributed by atoms with Gasteiger partial charge in [0.05, 0.1) is 0 Å². The Morgan fingerprint density at radius 3 is 1.59 bits per heavy atom. The van der Waals surface area contributed by atoms with Crippen LogP contribution in [0.1, 0.15) is 18.1 Å². The van der Waals surface area contributed by atoms with Crippen molar-refractivity contribution >= 4 is 225 Å². The van der Waals surface area contributed by atoms with E-state index < -0.39 is 15.6 Å². The topological polar surface area (TPSA) is 17.8 Å². The summed E-state index contributed by atoms with van der Waals surface area (Å²) in [5.74, 6) is 0.347. The molecule has 0 saturated carbocycles. The number of nitrogens with zero attached hydrogens (tertiary/aromatic N) is 2. The van der Waals surface area contributed by atoms with Crippen molar-refractivity contribution in [2.24, 2.45) is 0 Å². The van der Waals surface area contributed by atoms with Crippen molar-refractivity contribution in [2.75, 3.05) is 0 Å². The first-order valence-corrected chi connectivity index (χ1v) is 21.3. The minimum absolute atomic E-state index is 0.00330. The Kier molecular flexibility index (Phi) is 12.2. The first kappa shape index (κ1) is 49.1. The van der Waals surface area contributed by atoms with E-state index in [1.165, 1.54) is 0 Å². The van der Waals surface area contributed by atoms with Crippen molar-refractivity contribution in [3.63, 3.8) is 0 Å². The molecule has 7 aromatic carbocycles. The van der Waals surface area contributed by atoms with Crippen molar-refractivity contribution in [3.05, 3.63) is 123 Å². The molecule has 0 amide bonds. The number of rotatable bonds is 7. The molecular formula is C48H18B19N2. The molecule has 0 aliphatic heterocycles. The number of allylic oxidation sites excluding steroid dienone is 2. The molecule has 1 aromatic heterocycles. The van der Waals surface area contributed by atoms with Crippen LogP contribution in [0.5, 0.6) is 0 Å². The number of fused-ring (bicyclic) bond motifs is 5. The van der Waals surface area contributed by atoms with Crippen molar-refractivity contribution in [3.8, 4) is 50.5 Å². The monoisotopic (exact) mass is 831 g/mol. The molecule has 0 unspecified atom stereocenters. The standard InChI is InChI=1S/C48H18B19N2/c1-17(49)33(50)37(54)31-27(18-10-13-20(14-11-18)69-26-9-5-4-8-25(26)68-45(69)32-38(55)42(59)44(61)43(60)39(32)56)29-30(36(53)41(58)40(57)35(29)52)28(34(31)51)19-12-15-22-21-6-2-3-7-23(21)46(24(22)16-19,47(62,63)64)48(65,66)67/h2-16H,1H3/b33-17-,37-31+. The van der Waals surface area contributed by atoms with Crippen LogP contribution in [0.15, 0.2) is 102 Å². The average Bonchev–Trinajstić information content (AvgIpc) is 3.84. The maximum absolute atomic E-state index is 7.45. The SMILES string of the molecule is [B]/C(C)=C([B])/C([B])=c1/c(-c2ccc(-n3c(-c4c([B])c([B])c([B])c([B])c4[B])nc4ccccc43)cc2)c2c([B])c([B])c([B])c([B])c2c(-c2ccc3c(c2)C(C([B])([B])[B])(C([B])([B])[B])c2ccccc2-3)c1=[B]. The molecule has 8 aromatic rings. The average molecular weight is 828 g/mol. The van der Waals surface area contributed by atoms with Gasteiger partial charge in [-0.1, -0.05) is 0 Å². The van der Waals surface area contributed by atoms with Crippen LogP contribution in [0, 0.1) is 5.11 Å². The molecule has 1 aliphatic carbocycles. The molecule has 0 fully saturated rings. The Morgan fingerprint density at radius 2 is 1.01 bits per heavy atom. The number of aromatic nitrogens is 2. The minimum atomic E-state index is -2.13. The first-order chi connectivity index (χ1) is 32.4. The summed E-state index contributed by atoms with van der Waals surface area (Å²) in [7, 11) is 127. The summed E-state index contributed by atoms with van der Waals surface area (Å²) in [4.78, 5) is 4.93. The summed E-state index contributed by atoms with van der Waals surface area (Å²) in [6, 6.07) is 27.4. The van der Waals surface area contributed by atoms with Crippen molar-refractivity contribution in [2.45, 2.75) is 22.6 Å². The number of hydrogen-bond acceptors (Lipinski definition) is 1. The molecule has 0 spiro atoms. The molecule has 9 rings (SSSR count). The third kappa shape index (κ3) is 7.11. The molecule has 37 radical (unpaired) electrons. The van der Waals surface area contributed by atoms with Gasteiger partial charge in [-0.25, -0.2) is 0 Å². The molecule has 0 N–H and O–H groups in total. The molecule has 0 bridgehead atoms. The second-order valence-corrected chi connectivity index (χ2v) is 17.6. The van der Waals surface area contributed by atoms with E-state index >= 15 is 0 Å². The van der Waals surface area contributed by atoms with Crippen molar-refractivity contribution in [1.29, 1.82) is 0 Å². The Morgan fingerprint density at radius 1 is 0.522 bits per heavy atom. The Bertz CT molecular complexity index is 3650. The molecule has 277 valence electrons. The summed E-state index contributed by atoms with van der Waals surface area (Å²) in [5.41, 5.74) is 5.17. The van der Waals surface area contributed by atoms with Crippen LogP contribution in [-0.4, -0.2) is 158 Å². The van der Waals surface area contributed by atoms with Gasteiger partial charge in [0.2, 0.25) is 0 Å². The Labute approximate surface area is 428 Å². The molecule has 21 heteroatoms. The third-order valence-electron chi connectivity index (χ3n) is 13.5. The van der Waals surface area contributed by atoms with E-state index in [-0.39, 0.29) is 75.9 Å². The van der Waals surface area contributed by atoms with Crippen LogP contribution in [-0.2, 0) is 5.41 Å². The second-order valence-electron chi connectivity index (χ2n) is 17.6. The zero-order valence-corrected chi connectivity index (χ0v) is 37.5. The molecule has 2 nitrogen and oxygen atoms in total. The van der Waals surface area contributed by atoms with Gasteiger partial charge in [0.1, 0.15) is 23.5 Å². The van der Waals surface area contributed by atoms with Gasteiger partial charge in [0, 0.05) is 0 Å². The molecule has 69 heavy (non-hydrogen) atoms. The van der Waals surface area contributed by atoms with Crippen molar-refractivity contribution in [1.82, 2.24) is 9.55 Å². The van der Waals surface area contributed by atoms with Crippen LogP contribution in [0.3, 0.4) is 0 Å². The zero-order valence-electron chi connectivity index (χ0n) is 37.5. The summed E-state index contributed by atoms with van der Waals surface area (Å²) in [6.45, 7) is 1.60. The van der Waals surface area contributed by atoms with Crippen molar-refractivity contribution < 1.29 is 0 Å². The van der Waals surface area contributed by atoms with E-state index in [2.05, 4.69) is 0 Å². The summed E-state index contributed by atoms with van der Waals surface area (Å²) < 4.78 is 1.86. The second kappa shape index (κ2) is 17.2. The fourth-order valence-electron chi connectivity index (χ4n) is 10.1. The normalized spacial score (nSPS) is 14.1. The van der Waals surface area contributed by atoms with E-state index in [1.807, 2.05) is 77.4 Å². The van der Waals surface area contributed by atoms with Crippen LogP contribution in [0.4, 0.5) is 0 Å². The Hall–Kier alpha value is -4.89. The molecule has 0 atom stereocenters. The number of para-hydroxylation sites is 2. The van der Waals surface area contributed by atoms with Gasteiger partial charge < -0.3 is 0 Å². The van der Waals surface area contributed by atoms with Gasteiger partial charge in [0.25, 0.3) is 0 Å². The van der Waals surface area contributed by atoms with E-state index in [4.69, 9.17) is 154 Å². The Balaban J connectivity index is 1.39. The summed E-state index contributed by atoms with van der Waals surface area (Å²) in [6.07, 6.45) is 0. The summed E-state index contributed by atoms with van der Waals surface area (Å²) >= 11 is 0. The van der Waals surface area contributed by atoms with Crippen LogP contribution < -0.4 is 54.4 Å². The van der Waals surface area contributed by atoms with E-state index in [9.17, 15) is 0 Å². The van der Waals surface area contributed by atoms with Gasteiger partial charge in [-0.15, -0.1) is 5.46 Å². The molecule has 1 aliphatic rings. The molecular weight excluding hydrogens is 810 g/mol.